The summed E-state index contributed by atoms with van der Waals surface area (Å²) in [5.74, 6) is 0.914. The number of nitrogens with two attached hydrogens (primary N) is 1. The van der Waals surface area contributed by atoms with Gasteiger partial charge in [-0.3, -0.25) is 4.57 Å². The molecule has 3 aromatic rings. The molecule has 1 aliphatic rings. The van der Waals surface area contributed by atoms with Crippen LogP contribution >= 0.6 is 0 Å². The minimum absolute atomic E-state index is 0.0713. The number of para-hydroxylation sites is 1. The minimum Gasteiger partial charge on any atom is -0.491 e. The quantitative estimate of drug-likeness (QED) is 0.739. The molecule has 0 radical (unpaired) electrons. The predicted octanol–water partition coefficient (Wildman–Crippen LogP) is 2.74. The molecule has 2 aromatic carbocycles. The van der Waals surface area contributed by atoms with Crippen LogP contribution in [0.1, 0.15) is 11.6 Å². The molecule has 1 aromatic heterocycles. The standard InChI is InChI=1S/C15H12FN3O/c16-9-5-6-11-12(7-9)19(15(17)18-11)13-8-20-14-4-2-1-3-10(13)14/h1-7,13H,8H2,(H2,17,18). The summed E-state index contributed by atoms with van der Waals surface area (Å²) in [7, 11) is 0. The van der Waals surface area contributed by atoms with Gasteiger partial charge in [0.25, 0.3) is 0 Å². The summed E-state index contributed by atoms with van der Waals surface area (Å²) in [6, 6.07) is 12.2. The van der Waals surface area contributed by atoms with Gasteiger partial charge in [0.15, 0.2) is 0 Å². The average molecular weight is 269 g/mol. The van der Waals surface area contributed by atoms with Crippen LogP contribution in [-0.2, 0) is 0 Å². The second-order valence-electron chi connectivity index (χ2n) is 4.84. The van der Waals surface area contributed by atoms with Crippen molar-refractivity contribution in [3.05, 3.63) is 53.8 Å². The SMILES string of the molecule is Nc1nc2ccc(F)cc2n1C1COc2ccccc21. The Morgan fingerprint density at radius 1 is 1.25 bits per heavy atom. The highest BCUT2D eigenvalue weighted by molar-refractivity contribution is 5.79. The van der Waals surface area contributed by atoms with Crippen molar-refractivity contribution in [2.24, 2.45) is 0 Å². The van der Waals surface area contributed by atoms with Gasteiger partial charge in [-0.1, -0.05) is 18.2 Å². The first-order chi connectivity index (χ1) is 9.74. The highest BCUT2D eigenvalue weighted by Gasteiger charge is 2.28. The highest BCUT2D eigenvalue weighted by atomic mass is 19.1. The van der Waals surface area contributed by atoms with Crippen molar-refractivity contribution >= 4 is 17.0 Å². The first-order valence-corrected chi connectivity index (χ1v) is 6.39. The number of benzene rings is 2. The lowest BCUT2D eigenvalue weighted by Gasteiger charge is -2.13. The van der Waals surface area contributed by atoms with Crippen molar-refractivity contribution in [1.82, 2.24) is 9.55 Å². The van der Waals surface area contributed by atoms with Crippen LogP contribution < -0.4 is 10.5 Å². The molecule has 0 spiro atoms. The van der Waals surface area contributed by atoms with Gasteiger partial charge in [0.1, 0.15) is 18.2 Å². The summed E-state index contributed by atoms with van der Waals surface area (Å²) in [6.45, 7) is 0.478. The molecule has 0 fully saturated rings. The molecule has 5 heteroatoms. The Balaban J connectivity index is 1.95. The van der Waals surface area contributed by atoms with Crippen molar-refractivity contribution in [1.29, 1.82) is 0 Å². The van der Waals surface area contributed by atoms with Crippen molar-refractivity contribution in [2.45, 2.75) is 6.04 Å². The summed E-state index contributed by atoms with van der Waals surface area (Å²) in [5.41, 5.74) is 8.43. The Hall–Kier alpha value is -2.56. The van der Waals surface area contributed by atoms with Gasteiger partial charge in [-0.15, -0.1) is 0 Å². The first kappa shape index (κ1) is 11.3. The first-order valence-electron chi connectivity index (χ1n) is 6.39. The number of fused-ring (bicyclic) bond motifs is 2. The Labute approximate surface area is 114 Å². The number of hydrogen-bond donors (Lipinski definition) is 1. The second kappa shape index (κ2) is 3.96. The number of imidazole rings is 1. The number of anilines is 1. The van der Waals surface area contributed by atoms with Gasteiger partial charge in [0, 0.05) is 5.56 Å². The minimum atomic E-state index is -0.300. The number of hydrogen-bond acceptors (Lipinski definition) is 3. The summed E-state index contributed by atoms with van der Waals surface area (Å²) >= 11 is 0. The van der Waals surface area contributed by atoms with Crippen molar-refractivity contribution in [3.8, 4) is 5.75 Å². The Bertz CT molecular complexity index is 812. The maximum absolute atomic E-state index is 13.5. The largest absolute Gasteiger partial charge is 0.491 e. The Morgan fingerprint density at radius 3 is 3.00 bits per heavy atom. The van der Waals surface area contributed by atoms with E-state index in [1.807, 2.05) is 28.8 Å². The zero-order valence-corrected chi connectivity index (χ0v) is 10.6. The number of nitrogens with zero attached hydrogens (tertiary/aromatic N) is 2. The van der Waals surface area contributed by atoms with Crippen LogP contribution in [0.5, 0.6) is 5.75 Å². The van der Waals surface area contributed by atoms with E-state index >= 15 is 0 Å². The molecule has 2 heterocycles. The van der Waals surface area contributed by atoms with Gasteiger partial charge < -0.3 is 10.5 Å². The molecular weight excluding hydrogens is 257 g/mol. The van der Waals surface area contributed by atoms with Gasteiger partial charge in [-0.25, -0.2) is 9.37 Å². The second-order valence-corrected chi connectivity index (χ2v) is 4.84. The number of aromatic nitrogens is 2. The fraction of sp³-hybridized carbons (Fsp3) is 0.133. The summed E-state index contributed by atoms with van der Waals surface area (Å²) < 4.78 is 21.0. The van der Waals surface area contributed by atoms with E-state index in [4.69, 9.17) is 10.5 Å². The fourth-order valence-electron chi connectivity index (χ4n) is 2.77. The van der Waals surface area contributed by atoms with E-state index in [0.29, 0.717) is 23.6 Å². The lowest BCUT2D eigenvalue weighted by Crippen LogP contribution is -2.14. The van der Waals surface area contributed by atoms with E-state index in [2.05, 4.69) is 4.98 Å². The molecule has 100 valence electrons. The van der Waals surface area contributed by atoms with Crippen molar-refractivity contribution in [3.63, 3.8) is 0 Å². The molecule has 1 unspecified atom stereocenters. The zero-order chi connectivity index (χ0) is 13.7. The molecule has 0 bridgehead atoms. The molecule has 0 amide bonds. The van der Waals surface area contributed by atoms with Crippen LogP contribution in [0.3, 0.4) is 0 Å². The van der Waals surface area contributed by atoms with Crippen LogP contribution in [-0.4, -0.2) is 16.2 Å². The summed E-state index contributed by atoms with van der Waals surface area (Å²) in [4.78, 5) is 4.29. The smallest absolute Gasteiger partial charge is 0.201 e. The van der Waals surface area contributed by atoms with Crippen LogP contribution in [0.15, 0.2) is 42.5 Å². The van der Waals surface area contributed by atoms with Crippen LogP contribution in [0.2, 0.25) is 0 Å². The van der Waals surface area contributed by atoms with E-state index in [-0.39, 0.29) is 11.9 Å². The molecule has 1 atom stereocenters. The third-order valence-corrected chi connectivity index (χ3v) is 3.67. The normalized spacial score (nSPS) is 17.1. The van der Waals surface area contributed by atoms with Gasteiger partial charge in [0.05, 0.1) is 17.1 Å². The van der Waals surface area contributed by atoms with Gasteiger partial charge >= 0.3 is 0 Å². The van der Waals surface area contributed by atoms with Crippen LogP contribution in [0.25, 0.3) is 11.0 Å². The van der Waals surface area contributed by atoms with E-state index in [1.54, 1.807) is 6.07 Å². The molecule has 0 saturated carbocycles. The molecule has 20 heavy (non-hydrogen) atoms. The molecule has 1 aliphatic heterocycles. The fourth-order valence-corrected chi connectivity index (χ4v) is 2.77. The van der Waals surface area contributed by atoms with Crippen molar-refractivity contribution < 1.29 is 9.13 Å². The van der Waals surface area contributed by atoms with Gasteiger partial charge in [-0.2, -0.15) is 0 Å². The maximum atomic E-state index is 13.5. The summed E-state index contributed by atoms with van der Waals surface area (Å²) in [5, 5.41) is 0. The molecular formula is C15H12FN3O. The predicted molar refractivity (Wildman–Crippen MR) is 74.2 cm³/mol. The maximum Gasteiger partial charge on any atom is 0.201 e. The monoisotopic (exact) mass is 269 g/mol. The van der Waals surface area contributed by atoms with E-state index in [0.717, 1.165) is 11.3 Å². The number of ether oxygens (including phenoxy) is 1. The Kier molecular flexibility index (Phi) is 2.24. The van der Waals surface area contributed by atoms with Crippen LogP contribution in [0.4, 0.5) is 10.3 Å². The number of nitrogen functional groups attached to an aromatic ring is 1. The molecule has 4 rings (SSSR count). The molecule has 2 N–H and O–H groups in total. The number of rotatable bonds is 1. The zero-order valence-electron chi connectivity index (χ0n) is 10.6. The third-order valence-electron chi connectivity index (χ3n) is 3.67. The highest BCUT2D eigenvalue weighted by Crippen LogP contribution is 2.37. The average Bonchev–Trinajstić information content (AvgIpc) is 2.99. The van der Waals surface area contributed by atoms with E-state index < -0.39 is 0 Å². The molecule has 4 nitrogen and oxygen atoms in total. The third kappa shape index (κ3) is 1.49. The van der Waals surface area contributed by atoms with Gasteiger partial charge in [-0.05, 0) is 24.3 Å². The lowest BCUT2D eigenvalue weighted by atomic mass is 10.1. The van der Waals surface area contributed by atoms with E-state index in [9.17, 15) is 4.39 Å². The molecule has 0 aliphatic carbocycles. The van der Waals surface area contributed by atoms with Crippen molar-refractivity contribution in [2.75, 3.05) is 12.3 Å². The lowest BCUT2D eigenvalue weighted by molar-refractivity contribution is 0.320. The topological polar surface area (TPSA) is 53.1 Å². The van der Waals surface area contributed by atoms with Crippen LogP contribution in [0, 0.1) is 5.82 Å². The number of halogens is 1. The van der Waals surface area contributed by atoms with E-state index in [1.165, 1.54) is 12.1 Å². The molecule has 0 saturated heterocycles. The summed E-state index contributed by atoms with van der Waals surface area (Å²) in [6.07, 6.45) is 0. The Morgan fingerprint density at radius 2 is 2.10 bits per heavy atom. The van der Waals surface area contributed by atoms with Gasteiger partial charge in [0.2, 0.25) is 5.95 Å².